The second-order valence-electron chi connectivity index (χ2n) is 9.54. The van der Waals surface area contributed by atoms with Crippen LogP contribution in [0.25, 0.3) is 0 Å². The van der Waals surface area contributed by atoms with Gasteiger partial charge >= 0.3 is 0 Å². The van der Waals surface area contributed by atoms with Crippen LogP contribution in [0.2, 0.25) is 0 Å². The van der Waals surface area contributed by atoms with Crippen molar-refractivity contribution in [1.29, 1.82) is 0 Å². The lowest BCUT2D eigenvalue weighted by atomic mass is 9.84. The van der Waals surface area contributed by atoms with E-state index in [1.165, 1.54) is 19.6 Å². The first-order chi connectivity index (χ1) is 17.0. The summed E-state index contributed by atoms with van der Waals surface area (Å²) in [7, 11) is 1.54. The van der Waals surface area contributed by atoms with Crippen LogP contribution in [-0.2, 0) is 23.8 Å². The molecule has 2 heterocycles. The normalized spacial score (nSPS) is 50.2. The molecule has 1 unspecified atom stereocenters. The molecule has 0 radical (unpaired) electrons. The van der Waals surface area contributed by atoms with Crippen LogP contribution in [0.3, 0.4) is 0 Å². The van der Waals surface area contributed by atoms with Crippen molar-refractivity contribution >= 4 is 0 Å². The molecule has 0 bridgehead atoms. The minimum atomic E-state index is -1.74. The third-order valence-electron chi connectivity index (χ3n) is 6.89. The molecule has 17 heteroatoms. The maximum absolute atomic E-state index is 11.1. The Labute approximate surface area is 206 Å². The van der Waals surface area contributed by atoms with Gasteiger partial charge in [-0.05, 0) is 20.4 Å². The van der Waals surface area contributed by atoms with Crippen molar-refractivity contribution in [3.63, 3.8) is 0 Å². The van der Waals surface area contributed by atoms with Crippen molar-refractivity contribution in [3.05, 3.63) is 0 Å². The minimum Gasteiger partial charge on any atom is -0.388 e. The molecule has 2 saturated heterocycles. The number of nitrogens with one attached hydrogen (secondary N) is 3. The van der Waals surface area contributed by atoms with Gasteiger partial charge in [0.05, 0.1) is 25.3 Å². The Morgan fingerprint density at radius 1 is 0.944 bits per heavy atom. The first kappa shape index (κ1) is 29.9. The Bertz CT molecular complexity index is 696. The van der Waals surface area contributed by atoms with E-state index in [0.717, 1.165) is 0 Å². The number of nitrogens with two attached hydrogens (primary N) is 1. The number of hydrogen-bond acceptors (Lipinski definition) is 17. The van der Waals surface area contributed by atoms with Crippen molar-refractivity contribution in [2.75, 3.05) is 20.3 Å². The van der Waals surface area contributed by atoms with Gasteiger partial charge in [0.2, 0.25) is 0 Å². The summed E-state index contributed by atoms with van der Waals surface area (Å²) in [5.74, 6) is 0. The molecular weight excluding hydrogens is 492 g/mol. The van der Waals surface area contributed by atoms with Crippen molar-refractivity contribution in [2.45, 2.75) is 98.5 Å². The van der Waals surface area contributed by atoms with Gasteiger partial charge in [-0.2, -0.15) is 5.48 Å². The molecule has 13 N–H and O–H groups in total. The highest BCUT2D eigenvalue weighted by Gasteiger charge is 2.52. The molecule has 14 atom stereocenters. The Morgan fingerprint density at radius 3 is 2.22 bits per heavy atom. The zero-order valence-corrected chi connectivity index (χ0v) is 19.8. The van der Waals surface area contributed by atoms with Crippen molar-refractivity contribution in [1.82, 2.24) is 16.4 Å². The number of aliphatic hydroxyl groups is 6. The maximum atomic E-state index is 11.1. The standard InChI is InChI=1S/C19H38N4O13/c1-19(29)5-32-17(13(28)16(19)21-2)36-15-7(22-30)3-6(20)14(12(15)27)35-18-11(26)10(25)9(24)8(34-18)4-33-23-31/h6-18,21-31H,3-5,20H2,1-2H3/t6-,7+,8+,9+,10-,11+,12-,13+,14?,15-,16+,17+,18+,19-/m0/s1. The Morgan fingerprint density at radius 2 is 1.61 bits per heavy atom. The second kappa shape index (κ2) is 12.5. The molecule has 3 rings (SSSR count). The molecular formula is C19H38N4O13. The SMILES string of the molecule is CN[C@@H]1[C@@H](O)[C@@H](O[C@H]2[C@H](NO)C[C@H](N)C(O[C@H]3O[C@H](CONO)[C@@H](O)[C@H](O)[C@H]3O)[C@@H]2O)OC[C@]1(C)O. The van der Waals surface area contributed by atoms with E-state index in [0.29, 0.717) is 0 Å². The summed E-state index contributed by atoms with van der Waals surface area (Å²) in [5, 5.41) is 83.9. The number of hydrogen-bond donors (Lipinski definition) is 12. The van der Waals surface area contributed by atoms with Crippen LogP contribution in [0.15, 0.2) is 0 Å². The van der Waals surface area contributed by atoms with Crippen molar-refractivity contribution < 1.29 is 64.8 Å². The number of hydroxylamine groups is 1. The maximum Gasteiger partial charge on any atom is 0.187 e. The second-order valence-corrected chi connectivity index (χ2v) is 9.54. The van der Waals surface area contributed by atoms with Gasteiger partial charge in [0.15, 0.2) is 12.6 Å². The molecule has 0 aromatic heterocycles. The first-order valence-electron chi connectivity index (χ1n) is 11.5. The van der Waals surface area contributed by atoms with Gasteiger partial charge in [-0.1, -0.05) is 5.64 Å². The third-order valence-corrected chi connectivity index (χ3v) is 6.89. The lowest BCUT2D eigenvalue weighted by Crippen LogP contribution is -2.69. The summed E-state index contributed by atoms with van der Waals surface area (Å²) < 4.78 is 22.4. The van der Waals surface area contributed by atoms with Gasteiger partial charge in [-0.25, -0.2) is 0 Å². The van der Waals surface area contributed by atoms with Crippen LogP contribution in [0.4, 0.5) is 0 Å². The van der Waals surface area contributed by atoms with Crippen LogP contribution in [0, 0.1) is 0 Å². The molecule has 3 fully saturated rings. The van der Waals surface area contributed by atoms with Gasteiger partial charge < -0.3 is 65.8 Å². The zero-order chi connectivity index (χ0) is 26.8. The molecule has 3 aliphatic rings. The molecule has 0 spiro atoms. The van der Waals surface area contributed by atoms with E-state index in [-0.39, 0.29) is 13.0 Å². The van der Waals surface area contributed by atoms with Crippen LogP contribution in [-0.4, -0.2) is 146 Å². The molecule has 0 aromatic carbocycles. The molecule has 0 amide bonds. The number of ether oxygens (including phenoxy) is 4. The van der Waals surface area contributed by atoms with E-state index in [4.69, 9.17) is 29.9 Å². The van der Waals surface area contributed by atoms with Gasteiger partial charge in [0, 0.05) is 6.04 Å². The lowest BCUT2D eigenvalue weighted by Gasteiger charge is -2.49. The largest absolute Gasteiger partial charge is 0.388 e. The summed E-state index contributed by atoms with van der Waals surface area (Å²) in [6, 6.07) is -2.69. The van der Waals surface area contributed by atoms with E-state index >= 15 is 0 Å². The summed E-state index contributed by atoms with van der Waals surface area (Å²) in [5.41, 5.74) is 8.16. The van der Waals surface area contributed by atoms with Gasteiger partial charge in [-0.15, -0.1) is 0 Å². The molecule has 1 saturated carbocycles. The Hall–Kier alpha value is -0.680. The van der Waals surface area contributed by atoms with E-state index < -0.39 is 91.7 Å². The fraction of sp³-hybridized carbons (Fsp3) is 1.00. The molecule has 36 heavy (non-hydrogen) atoms. The van der Waals surface area contributed by atoms with Crippen LogP contribution < -0.4 is 22.2 Å². The fourth-order valence-electron chi connectivity index (χ4n) is 4.88. The third kappa shape index (κ3) is 6.14. The topological polar surface area (TPSA) is 270 Å². The Balaban J connectivity index is 1.74. The lowest BCUT2D eigenvalue weighted by molar-refractivity contribution is -0.339. The fourth-order valence-corrected chi connectivity index (χ4v) is 4.88. The van der Waals surface area contributed by atoms with E-state index in [2.05, 4.69) is 10.2 Å². The summed E-state index contributed by atoms with van der Waals surface area (Å²) in [6.45, 7) is 0.837. The molecule has 1 aliphatic carbocycles. The first-order valence-corrected chi connectivity index (χ1v) is 11.5. The predicted molar refractivity (Wildman–Crippen MR) is 114 cm³/mol. The van der Waals surface area contributed by atoms with Crippen molar-refractivity contribution in [3.8, 4) is 0 Å². The van der Waals surface area contributed by atoms with Crippen molar-refractivity contribution in [2.24, 2.45) is 5.73 Å². The highest BCUT2D eigenvalue weighted by molar-refractivity contribution is 5.02. The highest BCUT2D eigenvalue weighted by atomic mass is 16.8. The van der Waals surface area contributed by atoms with Crippen LogP contribution in [0.1, 0.15) is 13.3 Å². The van der Waals surface area contributed by atoms with E-state index in [1.807, 2.05) is 5.48 Å². The number of aliphatic hydroxyl groups excluding tert-OH is 5. The van der Waals surface area contributed by atoms with Gasteiger partial charge in [0.25, 0.3) is 0 Å². The monoisotopic (exact) mass is 530 g/mol. The van der Waals surface area contributed by atoms with Crippen LogP contribution in [0.5, 0.6) is 0 Å². The molecule has 212 valence electrons. The summed E-state index contributed by atoms with van der Waals surface area (Å²) in [6.07, 6.45) is -14.6. The summed E-state index contributed by atoms with van der Waals surface area (Å²) >= 11 is 0. The van der Waals surface area contributed by atoms with E-state index in [1.54, 1.807) is 0 Å². The van der Waals surface area contributed by atoms with Crippen LogP contribution >= 0.6 is 0 Å². The Kier molecular flexibility index (Phi) is 10.3. The highest BCUT2D eigenvalue weighted by Crippen LogP contribution is 2.32. The predicted octanol–water partition coefficient (Wildman–Crippen LogP) is -6.03. The smallest absolute Gasteiger partial charge is 0.187 e. The minimum absolute atomic E-state index is 0.00611. The average Bonchev–Trinajstić information content (AvgIpc) is 2.83. The summed E-state index contributed by atoms with van der Waals surface area (Å²) in [4.78, 5) is 4.56. The molecule has 2 aliphatic heterocycles. The molecule has 17 nitrogen and oxygen atoms in total. The number of likely N-dealkylation sites (N-methyl/N-ethyl adjacent to an activating group) is 1. The molecule has 0 aromatic rings. The zero-order valence-electron chi connectivity index (χ0n) is 19.8. The quantitative estimate of drug-likeness (QED) is 0.124. The average molecular weight is 531 g/mol. The number of rotatable bonds is 9. The van der Waals surface area contributed by atoms with Gasteiger partial charge in [0.1, 0.15) is 54.4 Å². The van der Waals surface area contributed by atoms with E-state index in [9.17, 15) is 35.8 Å². The van der Waals surface area contributed by atoms with Gasteiger partial charge in [-0.3, -0.25) is 10.0 Å².